The van der Waals surface area contributed by atoms with Crippen LogP contribution in [0.3, 0.4) is 0 Å². The van der Waals surface area contributed by atoms with Crippen molar-refractivity contribution in [1.82, 2.24) is 29.9 Å². The van der Waals surface area contributed by atoms with Crippen molar-refractivity contribution in [3.8, 4) is 5.69 Å². The Kier molecular flexibility index (Phi) is 5.17. The quantitative estimate of drug-likeness (QED) is 0.390. The molecule has 2 aromatic heterocycles. The van der Waals surface area contributed by atoms with Crippen molar-refractivity contribution in [2.45, 2.75) is 0 Å². The Morgan fingerprint density at radius 1 is 1.17 bits per heavy atom. The second-order valence-electron chi connectivity index (χ2n) is 6.73. The van der Waals surface area contributed by atoms with Crippen LogP contribution < -0.4 is 5.32 Å². The number of aromatic nitrogens is 5. The van der Waals surface area contributed by atoms with Crippen LogP contribution in [-0.4, -0.2) is 49.7 Å². The third kappa shape index (κ3) is 4.14. The lowest BCUT2D eigenvalue weighted by Crippen LogP contribution is -2.04. The number of ketones is 1. The number of carbonyl (C=O) groups excluding carboxylic acids is 1. The average Bonchev–Trinajstić information content (AvgIpc) is 3.15. The van der Waals surface area contributed by atoms with Gasteiger partial charge in [-0.2, -0.15) is 9.67 Å². The molecule has 9 heteroatoms. The summed E-state index contributed by atoms with van der Waals surface area (Å²) in [5, 5.41) is 11.2. The number of allylic oxidation sites excluding steroid dienone is 1. The van der Waals surface area contributed by atoms with Gasteiger partial charge >= 0.3 is 0 Å². The maximum Gasteiger partial charge on any atom is 0.229 e. The summed E-state index contributed by atoms with van der Waals surface area (Å²) in [6, 6.07) is 13.0. The number of carbonyl (C=O) groups is 1. The summed E-state index contributed by atoms with van der Waals surface area (Å²) in [7, 11) is 3.69. The molecule has 0 saturated carbocycles. The van der Waals surface area contributed by atoms with E-state index in [1.54, 1.807) is 41.4 Å². The number of anilines is 2. The van der Waals surface area contributed by atoms with Crippen LogP contribution in [0.5, 0.6) is 0 Å². The molecule has 0 spiro atoms. The van der Waals surface area contributed by atoms with Gasteiger partial charge in [-0.15, -0.1) is 5.10 Å². The lowest BCUT2D eigenvalue weighted by atomic mass is 10.1. The summed E-state index contributed by atoms with van der Waals surface area (Å²) < 4.78 is 15.0. The molecule has 4 rings (SSSR count). The van der Waals surface area contributed by atoms with Gasteiger partial charge in [0.05, 0.1) is 11.9 Å². The van der Waals surface area contributed by atoms with E-state index in [0.717, 1.165) is 0 Å². The van der Waals surface area contributed by atoms with Gasteiger partial charge in [0.1, 0.15) is 5.82 Å². The molecule has 0 radical (unpaired) electrons. The number of rotatable bonds is 6. The molecule has 4 aromatic rings. The highest BCUT2D eigenvalue weighted by Crippen LogP contribution is 2.19. The topological polar surface area (TPSA) is 88.8 Å². The standard InChI is InChI=1S/C21H18FN7O/c1-28(2)10-9-19(30)14-5-3-7-16(11-14)24-21-23-13-18-20(25-21)29(27-26-18)17-8-4-6-15(22)12-17/h3-13H,1-2H3,(H,23,24,25). The first kappa shape index (κ1) is 19.2. The van der Waals surface area contributed by atoms with Crippen molar-refractivity contribution in [3.05, 3.63) is 78.4 Å². The summed E-state index contributed by atoms with van der Waals surface area (Å²) in [6.45, 7) is 0. The molecular formula is C21H18FN7O. The maximum atomic E-state index is 13.6. The molecule has 0 bridgehead atoms. The summed E-state index contributed by atoms with van der Waals surface area (Å²) >= 11 is 0. The molecule has 2 aromatic carbocycles. The Labute approximate surface area is 171 Å². The molecule has 0 aliphatic carbocycles. The van der Waals surface area contributed by atoms with Crippen molar-refractivity contribution in [2.24, 2.45) is 0 Å². The molecule has 0 atom stereocenters. The van der Waals surface area contributed by atoms with E-state index in [9.17, 15) is 9.18 Å². The number of halogens is 1. The van der Waals surface area contributed by atoms with Crippen molar-refractivity contribution in [3.63, 3.8) is 0 Å². The van der Waals surface area contributed by atoms with Crippen molar-refractivity contribution in [2.75, 3.05) is 19.4 Å². The number of hydrogen-bond donors (Lipinski definition) is 1. The Bertz CT molecular complexity index is 1250. The third-order valence-corrected chi connectivity index (χ3v) is 4.17. The van der Waals surface area contributed by atoms with Gasteiger partial charge in [-0.05, 0) is 30.3 Å². The fourth-order valence-electron chi connectivity index (χ4n) is 2.76. The minimum atomic E-state index is -0.381. The molecule has 0 saturated heterocycles. The number of benzene rings is 2. The Balaban J connectivity index is 1.63. The SMILES string of the molecule is CN(C)C=CC(=O)c1cccc(Nc2ncc3nnn(-c4cccc(F)c4)c3n2)c1. The largest absolute Gasteiger partial charge is 0.383 e. The Morgan fingerprint density at radius 2 is 2.00 bits per heavy atom. The van der Waals surface area contributed by atoms with Crippen LogP contribution in [0.15, 0.2) is 67.0 Å². The van der Waals surface area contributed by atoms with Gasteiger partial charge in [0.2, 0.25) is 5.95 Å². The molecule has 0 amide bonds. The summed E-state index contributed by atoms with van der Waals surface area (Å²) in [5.41, 5.74) is 2.60. The minimum Gasteiger partial charge on any atom is -0.383 e. The highest BCUT2D eigenvalue weighted by Gasteiger charge is 2.11. The van der Waals surface area contributed by atoms with Gasteiger partial charge in [0.15, 0.2) is 16.9 Å². The predicted octanol–water partition coefficient (Wildman–Crippen LogP) is 3.35. The zero-order valence-electron chi connectivity index (χ0n) is 16.3. The fraction of sp³-hybridized carbons (Fsp3) is 0.0952. The molecular weight excluding hydrogens is 385 g/mol. The highest BCUT2D eigenvalue weighted by atomic mass is 19.1. The lowest BCUT2D eigenvalue weighted by molar-refractivity contribution is 0.104. The monoisotopic (exact) mass is 403 g/mol. The van der Waals surface area contributed by atoms with Crippen LogP contribution in [0, 0.1) is 5.82 Å². The van der Waals surface area contributed by atoms with E-state index in [4.69, 9.17) is 0 Å². The zero-order chi connectivity index (χ0) is 21.1. The van der Waals surface area contributed by atoms with Crippen LogP contribution in [-0.2, 0) is 0 Å². The Morgan fingerprint density at radius 3 is 2.80 bits per heavy atom. The van der Waals surface area contributed by atoms with Crippen molar-refractivity contribution in [1.29, 1.82) is 0 Å². The average molecular weight is 403 g/mol. The van der Waals surface area contributed by atoms with Crippen molar-refractivity contribution >= 4 is 28.6 Å². The van der Waals surface area contributed by atoms with Crippen LogP contribution >= 0.6 is 0 Å². The lowest BCUT2D eigenvalue weighted by Gasteiger charge is -2.07. The molecule has 8 nitrogen and oxygen atoms in total. The van der Waals surface area contributed by atoms with E-state index in [2.05, 4.69) is 25.6 Å². The summed E-state index contributed by atoms with van der Waals surface area (Å²) in [5.74, 6) is -0.193. The van der Waals surface area contributed by atoms with E-state index in [0.29, 0.717) is 34.1 Å². The van der Waals surface area contributed by atoms with E-state index in [1.165, 1.54) is 29.1 Å². The van der Waals surface area contributed by atoms with Crippen LogP contribution in [0.2, 0.25) is 0 Å². The molecule has 0 fully saturated rings. The fourth-order valence-corrected chi connectivity index (χ4v) is 2.76. The second-order valence-corrected chi connectivity index (χ2v) is 6.73. The van der Waals surface area contributed by atoms with Crippen LogP contribution in [0.1, 0.15) is 10.4 Å². The van der Waals surface area contributed by atoms with Gasteiger partial charge in [-0.3, -0.25) is 4.79 Å². The normalized spacial score (nSPS) is 11.2. The number of nitrogens with one attached hydrogen (secondary N) is 1. The van der Waals surface area contributed by atoms with Gasteiger partial charge in [-0.1, -0.05) is 23.4 Å². The molecule has 0 aliphatic rings. The first-order valence-electron chi connectivity index (χ1n) is 9.10. The van der Waals surface area contributed by atoms with Gasteiger partial charge in [-0.25, -0.2) is 9.37 Å². The van der Waals surface area contributed by atoms with Crippen molar-refractivity contribution < 1.29 is 9.18 Å². The van der Waals surface area contributed by atoms with E-state index >= 15 is 0 Å². The number of hydrogen-bond acceptors (Lipinski definition) is 7. The first-order chi connectivity index (χ1) is 14.5. The van der Waals surface area contributed by atoms with Crippen LogP contribution in [0.4, 0.5) is 16.0 Å². The third-order valence-electron chi connectivity index (χ3n) is 4.17. The molecule has 2 heterocycles. The Hall–Kier alpha value is -4.14. The van der Waals surface area contributed by atoms with Gasteiger partial charge in [0.25, 0.3) is 0 Å². The maximum absolute atomic E-state index is 13.6. The van der Waals surface area contributed by atoms with Gasteiger partial charge in [0, 0.05) is 37.6 Å². The van der Waals surface area contributed by atoms with Gasteiger partial charge < -0.3 is 10.2 Å². The smallest absolute Gasteiger partial charge is 0.229 e. The number of nitrogens with zero attached hydrogens (tertiary/aromatic N) is 6. The molecule has 0 unspecified atom stereocenters. The van der Waals surface area contributed by atoms with Crippen LogP contribution in [0.25, 0.3) is 16.9 Å². The minimum absolute atomic E-state index is 0.114. The second kappa shape index (κ2) is 8.08. The predicted molar refractivity (Wildman–Crippen MR) is 111 cm³/mol. The summed E-state index contributed by atoms with van der Waals surface area (Å²) in [6.07, 6.45) is 4.73. The molecule has 1 N–H and O–H groups in total. The number of fused-ring (bicyclic) bond motifs is 1. The van der Waals surface area contributed by atoms with E-state index < -0.39 is 0 Å². The molecule has 0 aliphatic heterocycles. The zero-order valence-corrected chi connectivity index (χ0v) is 16.3. The molecule has 30 heavy (non-hydrogen) atoms. The van der Waals surface area contributed by atoms with E-state index in [-0.39, 0.29) is 11.6 Å². The first-order valence-corrected chi connectivity index (χ1v) is 9.10. The van der Waals surface area contributed by atoms with E-state index in [1.807, 2.05) is 20.2 Å². The highest BCUT2D eigenvalue weighted by molar-refractivity contribution is 6.05. The molecule has 150 valence electrons. The summed E-state index contributed by atoms with van der Waals surface area (Å²) in [4.78, 5) is 22.8.